The van der Waals surface area contributed by atoms with Gasteiger partial charge in [-0.1, -0.05) is 44.4 Å². The Morgan fingerprint density at radius 2 is 1.40 bits per heavy atom. The molecule has 1 aliphatic carbocycles. The number of ether oxygens (including phenoxy) is 1. The Morgan fingerprint density at radius 1 is 0.771 bits per heavy atom. The molecule has 0 saturated carbocycles. The number of halogens is 7. The average Bonchev–Trinajstić information content (AvgIpc) is 3.18. The van der Waals surface area contributed by atoms with Crippen LogP contribution in [0.25, 0.3) is 11.1 Å². The van der Waals surface area contributed by atoms with Crippen LogP contribution in [-0.2, 0) is 19.0 Å². The summed E-state index contributed by atoms with van der Waals surface area (Å²) in [5, 5.41) is 0. The molecule has 0 amide bonds. The molecule has 1 atom stereocenters. The highest BCUT2D eigenvalue weighted by Crippen LogP contribution is 2.39. The van der Waals surface area contributed by atoms with Crippen molar-refractivity contribution in [1.29, 1.82) is 0 Å². The number of hydrogen-bond acceptors (Lipinski definition) is 1. The summed E-state index contributed by atoms with van der Waals surface area (Å²) in [4.78, 5) is 0. The van der Waals surface area contributed by atoms with Crippen LogP contribution in [0.1, 0.15) is 49.3 Å². The van der Waals surface area contributed by atoms with Gasteiger partial charge in [0.25, 0.3) is 0 Å². The Labute approximate surface area is 198 Å². The summed E-state index contributed by atoms with van der Waals surface area (Å²) in [7, 11) is 0. The molecular formula is C27H23F7O. The van der Waals surface area contributed by atoms with Gasteiger partial charge < -0.3 is 4.74 Å². The molecule has 4 rings (SSSR count). The number of rotatable bonds is 8. The van der Waals surface area contributed by atoms with E-state index in [1.165, 1.54) is 12.0 Å². The lowest BCUT2D eigenvalue weighted by atomic mass is 9.98. The normalized spacial score (nSPS) is 15.4. The van der Waals surface area contributed by atoms with Crippen LogP contribution < -0.4 is 4.74 Å². The lowest BCUT2D eigenvalue weighted by Crippen LogP contribution is -2.25. The van der Waals surface area contributed by atoms with Crippen molar-refractivity contribution in [1.82, 2.24) is 0 Å². The van der Waals surface area contributed by atoms with Gasteiger partial charge in [0.1, 0.15) is 22.9 Å². The van der Waals surface area contributed by atoms with Gasteiger partial charge in [-0.25, -0.2) is 22.0 Å². The Balaban J connectivity index is 1.57. The summed E-state index contributed by atoms with van der Waals surface area (Å²) in [6.07, 6.45) is 1.73. The van der Waals surface area contributed by atoms with E-state index in [4.69, 9.17) is 0 Å². The molecule has 0 aromatic heterocycles. The molecule has 0 aliphatic heterocycles. The molecule has 0 fully saturated rings. The van der Waals surface area contributed by atoms with Crippen molar-refractivity contribution < 1.29 is 35.5 Å². The number of hydrogen-bond donors (Lipinski definition) is 0. The molecule has 0 spiro atoms. The van der Waals surface area contributed by atoms with E-state index < -0.39 is 46.5 Å². The first-order chi connectivity index (χ1) is 16.6. The SMILES string of the molecule is CCCCCC1Cc2ccc(-c3cc(F)c(C(F)(F)Oc4cc(F)c(F)c(F)c4)c(F)c3)cc2C1. The van der Waals surface area contributed by atoms with Gasteiger partial charge in [-0.2, -0.15) is 8.78 Å². The van der Waals surface area contributed by atoms with Crippen LogP contribution in [0.15, 0.2) is 42.5 Å². The average molecular weight is 496 g/mol. The molecule has 1 unspecified atom stereocenters. The first-order valence-electron chi connectivity index (χ1n) is 11.4. The smallest absolute Gasteiger partial charge is 0.429 e. The van der Waals surface area contributed by atoms with Crippen LogP contribution in [-0.4, -0.2) is 0 Å². The maximum Gasteiger partial charge on any atom is 0.432 e. The fourth-order valence-electron chi connectivity index (χ4n) is 4.58. The molecule has 0 N–H and O–H groups in total. The quantitative estimate of drug-likeness (QED) is 0.173. The van der Waals surface area contributed by atoms with Crippen LogP contribution in [0.2, 0.25) is 0 Å². The van der Waals surface area contributed by atoms with Crippen LogP contribution in [0.5, 0.6) is 5.75 Å². The minimum atomic E-state index is -4.62. The minimum Gasteiger partial charge on any atom is -0.429 e. The molecule has 0 bridgehead atoms. The standard InChI is InChI=1S/C27H23F7O/c1-2-3-4-5-15-8-16-6-7-17(10-18(16)9-15)19-11-21(28)25(22(29)12-19)27(33,34)35-20-13-23(30)26(32)24(31)14-20/h6-7,10-15H,2-5,8-9H2,1H3. The third kappa shape index (κ3) is 5.31. The van der Waals surface area contributed by atoms with Crippen LogP contribution in [0, 0.1) is 35.0 Å². The summed E-state index contributed by atoms with van der Waals surface area (Å²) in [6.45, 7) is 2.14. The van der Waals surface area contributed by atoms with Crippen molar-refractivity contribution in [3.8, 4) is 16.9 Å². The van der Waals surface area contributed by atoms with E-state index in [2.05, 4.69) is 11.7 Å². The van der Waals surface area contributed by atoms with Gasteiger partial charge in [-0.3, -0.25) is 0 Å². The van der Waals surface area contributed by atoms with Crippen molar-refractivity contribution in [2.45, 2.75) is 51.6 Å². The molecule has 0 saturated heterocycles. The van der Waals surface area contributed by atoms with Crippen molar-refractivity contribution in [3.63, 3.8) is 0 Å². The van der Waals surface area contributed by atoms with E-state index in [9.17, 15) is 30.7 Å². The molecule has 35 heavy (non-hydrogen) atoms. The number of unbranched alkanes of at least 4 members (excludes halogenated alkanes) is 2. The fourth-order valence-corrected chi connectivity index (χ4v) is 4.58. The van der Waals surface area contributed by atoms with Gasteiger partial charge in [0, 0.05) is 12.1 Å². The molecule has 3 aromatic carbocycles. The van der Waals surface area contributed by atoms with E-state index in [1.807, 2.05) is 12.1 Å². The van der Waals surface area contributed by atoms with Crippen LogP contribution in [0.3, 0.4) is 0 Å². The van der Waals surface area contributed by atoms with Gasteiger partial charge in [-0.15, -0.1) is 0 Å². The number of benzene rings is 3. The molecule has 0 radical (unpaired) electrons. The Kier molecular flexibility index (Phi) is 7.10. The fraction of sp³-hybridized carbons (Fsp3) is 0.333. The summed E-state index contributed by atoms with van der Waals surface area (Å²) < 4.78 is 102. The zero-order valence-electron chi connectivity index (χ0n) is 18.9. The highest BCUT2D eigenvalue weighted by atomic mass is 19.3. The molecule has 1 nitrogen and oxygen atoms in total. The van der Waals surface area contributed by atoms with Crippen molar-refractivity contribution in [3.05, 3.63) is 88.2 Å². The molecule has 186 valence electrons. The summed E-state index contributed by atoms with van der Waals surface area (Å²) in [5.74, 6) is -9.24. The van der Waals surface area contributed by atoms with Crippen LogP contribution in [0.4, 0.5) is 30.7 Å². The second-order valence-corrected chi connectivity index (χ2v) is 8.89. The molecule has 0 heterocycles. The monoisotopic (exact) mass is 496 g/mol. The predicted octanol–water partition coefficient (Wildman–Crippen LogP) is 8.47. The largest absolute Gasteiger partial charge is 0.432 e. The lowest BCUT2D eigenvalue weighted by Gasteiger charge is -2.20. The Morgan fingerprint density at radius 3 is 2.03 bits per heavy atom. The summed E-state index contributed by atoms with van der Waals surface area (Å²) in [6, 6.07) is 7.26. The molecular weight excluding hydrogens is 473 g/mol. The molecule has 3 aromatic rings. The van der Waals surface area contributed by atoms with E-state index in [-0.39, 0.29) is 17.7 Å². The zero-order valence-corrected chi connectivity index (χ0v) is 18.9. The Bertz CT molecular complexity index is 1190. The summed E-state index contributed by atoms with van der Waals surface area (Å²) in [5.41, 5.74) is 1.07. The third-order valence-electron chi connectivity index (χ3n) is 6.31. The lowest BCUT2D eigenvalue weighted by molar-refractivity contribution is -0.189. The second kappa shape index (κ2) is 9.91. The van der Waals surface area contributed by atoms with E-state index >= 15 is 0 Å². The van der Waals surface area contributed by atoms with Crippen molar-refractivity contribution >= 4 is 0 Å². The van der Waals surface area contributed by atoms with Gasteiger partial charge in [0.05, 0.1) is 0 Å². The highest BCUT2D eigenvalue weighted by molar-refractivity contribution is 5.66. The van der Waals surface area contributed by atoms with Gasteiger partial charge in [0.2, 0.25) is 0 Å². The van der Waals surface area contributed by atoms with E-state index in [0.717, 1.165) is 49.8 Å². The van der Waals surface area contributed by atoms with Crippen molar-refractivity contribution in [2.75, 3.05) is 0 Å². The second-order valence-electron chi connectivity index (χ2n) is 8.89. The van der Waals surface area contributed by atoms with E-state index in [0.29, 0.717) is 11.5 Å². The highest BCUT2D eigenvalue weighted by Gasteiger charge is 2.41. The first-order valence-corrected chi connectivity index (χ1v) is 11.4. The maximum absolute atomic E-state index is 14.7. The number of alkyl halides is 2. The van der Waals surface area contributed by atoms with Gasteiger partial charge >= 0.3 is 6.11 Å². The van der Waals surface area contributed by atoms with Gasteiger partial charge in [0.15, 0.2) is 17.5 Å². The number of fused-ring (bicyclic) bond motifs is 1. The topological polar surface area (TPSA) is 9.23 Å². The first kappa shape index (κ1) is 25.1. The van der Waals surface area contributed by atoms with Crippen molar-refractivity contribution in [2.24, 2.45) is 5.92 Å². The van der Waals surface area contributed by atoms with Gasteiger partial charge in [-0.05, 0) is 59.6 Å². The minimum absolute atomic E-state index is 0.0654. The maximum atomic E-state index is 14.7. The predicted molar refractivity (Wildman–Crippen MR) is 118 cm³/mol. The zero-order chi connectivity index (χ0) is 25.3. The Hall–Kier alpha value is -3.03. The molecule has 1 aliphatic rings. The third-order valence-corrected chi connectivity index (χ3v) is 6.31. The van der Waals surface area contributed by atoms with E-state index in [1.54, 1.807) is 6.07 Å². The van der Waals surface area contributed by atoms with Crippen LogP contribution >= 0.6 is 0 Å². The molecule has 8 heteroatoms. The summed E-state index contributed by atoms with van der Waals surface area (Å²) >= 11 is 0.